The Morgan fingerprint density at radius 3 is 2.50 bits per heavy atom. The van der Waals surface area contributed by atoms with E-state index < -0.39 is 28.7 Å². The van der Waals surface area contributed by atoms with Crippen LogP contribution in [-0.4, -0.2) is 26.8 Å². The quantitative estimate of drug-likeness (QED) is 0.317. The molecule has 0 fully saturated rings. The maximum absolute atomic E-state index is 13.0. The number of halogens is 4. The van der Waals surface area contributed by atoms with Gasteiger partial charge in [0.05, 0.1) is 22.8 Å². The van der Waals surface area contributed by atoms with Crippen LogP contribution < -0.4 is 10.6 Å². The molecule has 0 aliphatic rings. The summed E-state index contributed by atoms with van der Waals surface area (Å²) in [5.74, 6) is -1.33. The first kappa shape index (κ1) is 25.3. The molecule has 3 heterocycles. The van der Waals surface area contributed by atoms with Gasteiger partial charge in [-0.05, 0) is 36.8 Å². The van der Waals surface area contributed by atoms with Gasteiger partial charge < -0.3 is 10.6 Å². The Morgan fingerprint density at radius 1 is 1.00 bits per heavy atom. The largest absolute Gasteiger partial charge is 0.418 e. The summed E-state index contributed by atoms with van der Waals surface area (Å²) in [4.78, 5) is 37.4. The third-order valence-corrected chi connectivity index (χ3v) is 6.47. The molecule has 0 radical (unpaired) electrons. The lowest BCUT2D eigenvalue weighted by molar-refractivity contribution is -0.137. The van der Waals surface area contributed by atoms with Gasteiger partial charge in [-0.1, -0.05) is 29.8 Å². The van der Waals surface area contributed by atoms with E-state index >= 15 is 0 Å². The fourth-order valence-corrected chi connectivity index (χ4v) is 4.24. The molecule has 0 aliphatic carbocycles. The zero-order valence-corrected chi connectivity index (χ0v) is 20.1. The van der Waals surface area contributed by atoms with Crippen LogP contribution in [-0.2, 0) is 6.18 Å². The van der Waals surface area contributed by atoms with Crippen molar-refractivity contribution in [3.05, 3.63) is 93.3 Å². The van der Waals surface area contributed by atoms with E-state index in [1.807, 2.05) is 12.1 Å². The van der Waals surface area contributed by atoms with E-state index in [1.54, 1.807) is 43.6 Å². The fourth-order valence-electron chi connectivity index (χ4n) is 3.21. The van der Waals surface area contributed by atoms with Crippen molar-refractivity contribution in [2.75, 3.05) is 5.32 Å². The second-order valence-electron chi connectivity index (χ2n) is 7.58. The summed E-state index contributed by atoms with van der Waals surface area (Å²) in [7, 11) is 0. The molecule has 0 saturated heterocycles. The van der Waals surface area contributed by atoms with E-state index in [0.29, 0.717) is 16.6 Å². The van der Waals surface area contributed by atoms with Crippen LogP contribution in [0, 0.1) is 0 Å². The van der Waals surface area contributed by atoms with Crippen molar-refractivity contribution in [1.82, 2.24) is 20.3 Å². The molecule has 184 valence electrons. The second-order valence-corrected chi connectivity index (χ2v) is 9.05. The number of pyridine rings is 2. The van der Waals surface area contributed by atoms with Crippen LogP contribution in [0.25, 0.3) is 11.1 Å². The normalized spacial score (nSPS) is 12.1. The van der Waals surface area contributed by atoms with Crippen LogP contribution in [0.4, 0.5) is 19.0 Å². The summed E-state index contributed by atoms with van der Waals surface area (Å²) in [6.45, 7) is 1.71. The fraction of sp³-hybridized carbons (Fsp3) is 0.125. The topological polar surface area (TPSA) is 96.9 Å². The van der Waals surface area contributed by atoms with Crippen molar-refractivity contribution < 1.29 is 22.8 Å². The molecule has 0 spiro atoms. The van der Waals surface area contributed by atoms with E-state index in [4.69, 9.17) is 11.6 Å². The van der Waals surface area contributed by atoms with E-state index in [-0.39, 0.29) is 16.6 Å². The maximum Gasteiger partial charge on any atom is 0.418 e. The van der Waals surface area contributed by atoms with Crippen molar-refractivity contribution in [2.24, 2.45) is 0 Å². The zero-order valence-electron chi connectivity index (χ0n) is 18.5. The highest BCUT2D eigenvalue weighted by atomic mass is 35.5. The average Bonchev–Trinajstić information content (AvgIpc) is 3.36. The molecule has 1 unspecified atom stereocenters. The number of benzene rings is 1. The molecule has 4 aromatic rings. The smallest absolute Gasteiger partial charge is 0.343 e. The third-order valence-electron chi connectivity index (χ3n) is 4.99. The molecule has 2 amide bonds. The van der Waals surface area contributed by atoms with Crippen LogP contribution in [0.15, 0.2) is 67.3 Å². The predicted octanol–water partition coefficient (Wildman–Crippen LogP) is 6.02. The molecule has 0 saturated carbocycles. The average molecular weight is 532 g/mol. The number of carbonyl (C=O) groups excluding carboxylic acids is 2. The summed E-state index contributed by atoms with van der Waals surface area (Å²) in [6, 6.07) is 10.9. The molecule has 1 aromatic carbocycles. The molecule has 12 heteroatoms. The Hall–Kier alpha value is -3.83. The Kier molecular flexibility index (Phi) is 7.32. The Balaban J connectivity index is 1.43. The van der Waals surface area contributed by atoms with Crippen molar-refractivity contribution in [3.8, 4) is 11.1 Å². The first-order chi connectivity index (χ1) is 17.1. The summed E-state index contributed by atoms with van der Waals surface area (Å²) in [5, 5.41) is 5.01. The maximum atomic E-state index is 13.0. The number of alkyl halides is 3. The molecule has 2 N–H and O–H groups in total. The third kappa shape index (κ3) is 5.86. The van der Waals surface area contributed by atoms with E-state index in [0.717, 1.165) is 28.7 Å². The minimum atomic E-state index is -4.69. The SMILES string of the molecule is CC(NC(=O)c1cccc(-c2cccnc2)c1)c1ncc(C(=O)Nc2cc(C(F)(F)F)c(Cl)cn2)s1. The van der Waals surface area contributed by atoms with Gasteiger partial charge in [-0.15, -0.1) is 11.3 Å². The highest BCUT2D eigenvalue weighted by Crippen LogP contribution is 2.35. The molecular formula is C24H17ClF3N5O2S. The van der Waals surface area contributed by atoms with Gasteiger partial charge in [-0.3, -0.25) is 14.6 Å². The first-order valence-electron chi connectivity index (χ1n) is 10.4. The lowest BCUT2D eigenvalue weighted by Crippen LogP contribution is -2.26. The van der Waals surface area contributed by atoms with Gasteiger partial charge in [0.25, 0.3) is 11.8 Å². The van der Waals surface area contributed by atoms with Crippen molar-refractivity contribution in [3.63, 3.8) is 0 Å². The van der Waals surface area contributed by atoms with Gasteiger partial charge in [0.15, 0.2) is 0 Å². The summed E-state index contributed by atoms with van der Waals surface area (Å²) >= 11 is 6.55. The number of nitrogens with one attached hydrogen (secondary N) is 2. The highest BCUT2D eigenvalue weighted by Gasteiger charge is 2.34. The molecular weight excluding hydrogens is 515 g/mol. The number of thiazole rings is 1. The number of amides is 2. The minimum Gasteiger partial charge on any atom is -0.343 e. The second kappa shape index (κ2) is 10.4. The lowest BCUT2D eigenvalue weighted by atomic mass is 10.0. The van der Waals surface area contributed by atoms with Gasteiger partial charge in [-0.25, -0.2) is 9.97 Å². The highest BCUT2D eigenvalue weighted by molar-refractivity contribution is 7.13. The van der Waals surface area contributed by atoms with E-state index in [2.05, 4.69) is 25.6 Å². The Bertz CT molecular complexity index is 1410. The summed E-state index contributed by atoms with van der Waals surface area (Å²) < 4.78 is 39.1. The van der Waals surface area contributed by atoms with Crippen LogP contribution in [0.3, 0.4) is 0 Å². The van der Waals surface area contributed by atoms with Crippen molar-refractivity contribution >= 4 is 40.6 Å². The van der Waals surface area contributed by atoms with Crippen LogP contribution >= 0.6 is 22.9 Å². The van der Waals surface area contributed by atoms with Gasteiger partial charge in [-0.2, -0.15) is 13.2 Å². The molecule has 0 aliphatic heterocycles. The number of hydrogen-bond donors (Lipinski definition) is 2. The van der Waals surface area contributed by atoms with Crippen LogP contribution in [0.5, 0.6) is 0 Å². The standard InChI is InChI=1S/C24H17ClF3N5O2S/c1-13(32-21(34)15-5-2-4-14(8-15)16-6-3-7-29-10-16)23-31-12-19(36-23)22(35)33-20-9-17(24(26,27)28)18(25)11-30-20/h2-13H,1H3,(H,32,34)(H,30,33,35). The zero-order chi connectivity index (χ0) is 25.9. The molecule has 36 heavy (non-hydrogen) atoms. The van der Waals surface area contributed by atoms with Crippen LogP contribution in [0.2, 0.25) is 5.02 Å². The molecule has 4 rings (SSSR count). The van der Waals surface area contributed by atoms with Gasteiger partial charge in [0.1, 0.15) is 15.7 Å². The molecule has 1 atom stereocenters. The lowest BCUT2D eigenvalue weighted by Gasteiger charge is -2.12. The van der Waals surface area contributed by atoms with Crippen LogP contribution in [0.1, 0.15) is 43.6 Å². The molecule has 7 nitrogen and oxygen atoms in total. The Morgan fingerprint density at radius 2 is 1.78 bits per heavy atom. The van der Waals surface area contributed by atoms with Gasteiger partial charge in [0.2, 0.25) is 0 Å². The first-order valence-corrected chi connectivity index (χ1v) is 11.6. The summed E-state index contributed by atoms with van der Waals surface area (Å²) in [6.07, 6.45) is 0.768. The Labute approximate surface area is 212 Å². The predicted molar refractivity (Wildman–Crippen MR) is 130 cm³/mol. The van der Waals surface area contributed by atoms with Crippen molar-refractivity contribution in [1.29, 1.82) is 0 Å². The van der Waals surface area contributed by atoms with Crippen molar-refractivity contribution in [2.45, 2.75) is 19.1 Å². The number of carbonyl (C=O) groups is 2. The van der Waals surface area contributed by atoms with E-state index in [9.17, 15) is 22.8 Å². The summed E-state index contributed by atoms with van der Waals surface area (Å²) in [5.41, 5.74) is 1.03. The number of rotatable bonds is 6. The minimum absolute atomic E-state index is 0.134. The number of anilines is 1. The number of hydrogen-bond acceptors (Lipinski definition) is 6. The molecule has 0 bridgehead atoms. The van der Waals surface area contributed by atoms with Gasteiger partial charge >= 0.3 is 6.18 Å². The number of nitrogens with zero attached hydrogens (tertiary/aromatic N) is 3. The van der Waals surface area contributed by atoms with E-state index in [1.165, 1.54) is 6.20 Å². The van der Waals surface area contributed by atoms with Gasteiger partial charge in [0, 0.05) is 29.7 Å². The number of aromatic nitrogens is 3. The molecule has 3 aromatic heterocycles. The monoisotopic (exact) mass is 531 g/mol.